The molecule has 0 aliphatic carbocycles. The van der Waals surface area contributed by atoms with Crippen molar-refractivity contribution in [2.24, 2.45) is 10.2 Å². The Labute approximate surface area is 133 Å². The number of hydrogen-bond donors (Lipinski definition) is 2. The summed E-state index contributed by atoms with van der Waals surface area (Å²) in [4.78, 5) is 22.7. The maximum absolute atomic E-state index is 11.4. The van der Waals surface area contributed by atoms with Gasteiger partial charge in [0.1, 0.15) is 0 Å². The van der Waals surface area contributed by atoms with Crippen molar-refractivity contribution in [3.05, 3.63) is 0 Å². The van der Waals surface area contributed by atoms with Crippen LogP contribution in [0.2, 0.25) is 0 Å². The zero-order chi connectivity index (χ0) is 16.5. The van der Waals surface area contributed by atoms with Gasteiger partial charge < -0.3 is 0 Å². The van der Waals surface area contributed by atoms with E-state index in [-0.39, 0.29) is 11.8 Å². The van der Waals surface area contributed by atoms with Gasteiger partial charge in [0.25, 0.3) is 0 Å². The van der Waals surface area contributed by atoms with E-state index in [1.54, 1.807) is 12.4 Å². The first-order chi connectivity index (χ1) is 10.7. The van der Waals surface area contributed by atoms with Crippen LogP contribution in [0, 0.1) is 0 Å². The van der Waals surface area contributed by atoms with Crippen LogP contribution in [0.4, 0.5) is 0 Å². The van der Waals surface area contributed by atoms with Crippen LogP contribution < -0.4 is 10.9 Å². The molecule has 0 unspecified atom stereocenters. The maximum Gasteiger partial charge on any atom is 0.240 e. The topological polar surface area (TPSA) is 82.9 Å². The Morgan fingerprint density at radius 1 is 0.727 bits per heavy atom. The molecule has 0 aliphatic rings. The van der Waals surface area contributed by atoms with E-state index in [2.05, 4.69) is 21.1 Å². The molecule has 2 N–H and O–H groups in total. The highest BCUT2D eigenvalue weighted by Crippen LogP contribution is 2.08. The third kappa shape index (κ3) is 14.7. The van der Waals surface area contributed by atoms with Crippen LogP contribution in [0.1, 0.15) is 78.1 Å². The van der Waals surface area contributed by atoms with Crippen LogP contribution in [-0.4, -0.2) is 24.2 Å². The van der Waals surface area contributed by atoms with Crippen LogP contribution >= 0.6 is 0 Å². The summed E-state index contributed by atoms with van der Waals surface area (Å²) in [5.41, 5.74) is 5.01. The van der Waals surface area contributed by atoms with Crippen LogP contribution in [0.15, 0.2) is 10.2 Å². The van der Waals surface area contributed by atoms with Crippen molar-refractivity contribution in [1.29, 1.82) is 0 Å². The van der Waals surface area contributed by atoms with Crippen molar-refractivity contribution in [3.8, 4) is 0 Å². The lowest BCUT2D eigenvalue weighted by atomic mass is 10.1. The molecule has 6 heteroatoms. The normalized spacial score (nSPS) is 11.2. The number of carbonyl (C=O) groups excluding carboxylic acids is 2. The third-order valence-electron chi connectivity index (χ3n) is 2.98. The van der Waals surface area contributed by atoms with Crippen molar-refractivity contribution >= 4 is 24.2 Å². The van der Waals surface area contributed by atoms with Gasteiger partial charge in [-0.3, -0.25) is 9.59 Å². The molecule has 126 valence electrons. The highest BCUT2D eigenvalue weighted by molar-refractivity contribution is 5.77. The molecule has 0 aliphatic heterocycles. The lowest BCUT2D eigenvalue weighted by Gasteiger charge is -2.02. The van der Waals surface area contributed by atoms with Crippen LogP contribution in [0.25, 0.3) is 0 Å². The van der Waals surface area contributed by atoms with E-state index in [0.29, 0.717) is 12.8 Å². The van der Waals surface area contributed by atoms with Gasteiger partial charge in [0.15, 0.2) is 0 Å². The second kappa shape index (κ2) is 15.7. The summed E-state index contributed by atoms with van der Waals surface area (Å²) in [6.07, 6.45) is 12.1. The molecule has 0 aromatic heterocycles. The molecule has 0 radical (unpaired) electrons. The van der Waals surface area contributed by atoms with Crippen LogP contribution in [-0.2, 0) is 9.59 Å². The zero-order valence-electron chi connectivity index (χ0n) is 13.9. The van der Waals surface area contributed by atoms with E-state index in [1.165, 1.54) is 0 Å². The van der Waals surface area contributed by atoms with E-state index < -0.39 is 0 Å². The third-order valence-corrected chi connectivity index (χ3v) is 2.98. The number of hydrogen-bond acceptors (Lipinski definition) is 4. The van der Waals surface area contributed by atoms with Gasteiger partial charge in [-0.2, -0.15) is 10.2 Å². The highest BCUT2D eigenvalue weighted by Gasteiger charge is 2.00. The number of carbonyl (C=O) groups is 2. The number of hydrazone groups is 2. The quantitative estimate of drug-likeness (QED) is 0.311. The molecule has 0 bridgehead atoms. The summed E-state index contributed by atoms with van der Waals surface area (Å²) in [5.74, 6) is -0.0389. The number of unbranched alkanes of at least 4 members (excludes halogenated alkanes) is 5. The minimum absolute atomic E-state index is 0.0194. The molecule has 0 aromatic rings. The number of nitrogens with one attached hydrogen (secondary N) is 2. The molecule has 0 rings (SSSR count). The van der Waals surface area contributed by atoms with Gasteiger partial charge in [-0.25, -0.2) is 10.9 Å². The van der Waals surface area contributed by atoms with E-state index >= 15 is 0 Å². The SMILES string of the molecule is CC/C=N/NC(=O)CCCCCCCCC(=O)N/N=C/CC. The standard InChI is InChI=1S/C16H30N4O2/c1-3-13-17-19-15(21)11-9-7-5-6-8-10-12-16(22)20-18-14-4-2/h13-14H,3-12H2,1-2H3,(H,19,21)(H,20,22)/b17-13+,18-14+. The minimum Gasteiger partial charge on any atom is -0.273 e. The van der Waals surface area contributed by atoms with Crippen molar-refractivity contribution in [2.45, 2.75) is 78.1 Å². The van der Waals surface area contributed by atoms with Crippen molar-refractivity contribution < 1.29 is 9.59 Å². The summed E-state index contributed by atoms with van der Waals surface area (Å²) >= 11 is 0. The number of nitrogens with zero attached hydrogens (tertiary/aromatic N) is 2. The van der Waals surface area contributed by atoms with Gasteiger partial charge in [-0.1, -0.05) is 39.5 Å². The van der Waals surface area contributed by atoms with Gasteiger partial charge in [0.2, 0.25) is 11.8 Å². The largest absolute Gasteiger partial charge is 0.273 e. The Hall–Kier alpha value is -1.72. The van der Waals surface area contributed by atoms with E-state index in [1.807, 2.05) is 13.8 Å². The van der Waals surface area contributed by atoms with Crippen LogP contribution in [0.5, 0.6) is 0 Å². The fourth-order valence-corrected chi connectivity index (χ4v) is 1.81. The molecule has 0 saturated heterocycles. The molecule has 0 atom stereocenters. The molecule has 0 aromatic carbocycles. The highest BCUT2D eigenvalue weighted by atomic mass is 16.2. The first-order valence-corrected chi connectivity index (χ1v) is 8.31. The average Bonchev–Trinajstić information content (AvgIpc) is 2.50. The summed E-state index contributed by atoms with van der Waals surface area (Å²) in [6, 6.07) is 0. The summed E-state index contributed by atoms with van der Waals surface area (Å²) in [5, 5.41) is 7.60. The van der Waals surface area contributed by atoms with Gasteiger partial charge in [0, 0.05) is 25.3 Å². The maximum atomic E-state index is 11.4. The molecule has 22 heavy (non-hydrogen) atoms. The molecule has 0 saturated carbocycles. The summed E-state index contributed by atoms with van der Waals surface area (Å²) < 4.78 is 0. The van der Waals surface area contributed by atoms with E-state index in [0.717, 1.165) is 51.4 Å². The Morgan fingerprint density at radius 2 is 1.09 bits per heavy atom. The summed E-state index contributed by atoms with van der Waals surface area (Å²) in [6.45, 7) is 3.94. The van der Waals surface area contributed by atoms with Gasteiger partial charge in [-0.05, 0) is 25.7 Å². The fraction of sp³-hybridized carbons (Fsp3) is 0.750. The van der Waals surface area contributed by atoms with Crippen molar-refractivity contribution in [2.75, 3.05) is 0 Å². The predicted octanol–water partition coefficient (Wildman–Crippen LogP) is 3.13. The Morgan fingerprint density at radius 3 is 1.45 bits per heavy atom. The Balaban J connectivity index is 3.33. The minimum atomic E-state index is -0.0194. The zero-order valence-corrected chi connectivity index (χ0v) is 13.9. The Bertz CT molecular complexity index is 320. The molecule has 0 fully saturated rings. The molecule has 2 amide bonds. The predicted molar refractivity (Wildman–Crippen MR) is 90.8 cm³/mol. The monoisotopic (exact) mass is 310 g/mol. The first-order valence-electron chi connectivity index (χ1n) is 8.31. The molecule has 0 heterocycles. The smallest absolute Gasteiger partial charge is 0.240 e. The Kier molecular flexibility index (Phi) is 14.4. The van der Waals surface area contributed by atoms with Crippen molar-refractivity contribution in [3.63, 3.8) is 0 Å². The van der Waals surface area contributed by atoms with Gasteiger partial charge in [-0.15, -0.1) is 0 Å². The van der Waals surface area contributed by atoms with E-state index in [4.69, 9.17) is 0 Å². The molecular weight excluding hydrogens is 280 g/mol. The lowest BCUT2D eigenvalue weighted by molar-refractivity contribution is -0.122. The molecule has 0 spiro atoms. The second-order valence-corrected chi connectivity index (χ2v) is 5.13. The van der Waals surface area contributed by atoms with Crippen LogP contribution in [0.3, 0.4) is 0 Å². The van der Waals surface area contributed by atoms with Crippen molar-refractivity contribution in [1.82, 2.24) is 10.9 Å². The number of amides is 2. The van der Waals surface area contributed by atoms with Gasteiger partial charge in [0.05, 0.1) is 0 Å². The summed E-state index contributed by atoms with van der Waals surface area (Å²) in [7, 11) is 0. The fourth-order valence-electron chi connectivity index (χ4n) is 1.81. The lowest BCUT2D eigenvalue weighted by Crippen LogP contribution is -2.16. The molecular formula is C16H30N4O2. The van der Waals surface area contributed by atoms with Gasteiger partial charge >= 0.3 is 0 Å². The van der Waals surface area contributed by atoms with E-state index in [9.17, 15) is 9.59 Å². The number of rotatable bonds is 13. The average molecular weight is 310 g/mol. The first kappa shape index (κ1) is 20.3. The second-order valence-electron chi connectivity index (χ2n) is 5.13. The molecule has 6 nitrogen and oxygen atoms in total.